The van der Waals surface area contributed by atoms with Crippen LogP contribution in [-0.2, 0) is 19.8 Å². The van der Waals surface area contributed by atoms with E-state index in [1.807, 2.05) is 30.3 Å². The van der Waals surface area contributed by atoms with Crippen LogP contribution in [0.2, 0.25) is 0 Å². The maximum Gasteiger partial charge on any atom is 0.188 e. The molecule has 0 aliphatic rings. The molecule has 0 saturated carbocycles. The fraction of sp³-hybridized carbons (Fsp3) is 0.467. The SMILES string of the molecule is C=C(CC(C)(O)c1ccccc1)OCOCCOC. The molecule has 0 saturated heterocycles. The normalized spacial score (nSPS) is 13.8. The highest BCUT2D eigenvalue weighted by molar-refractivity contribution is 5.22. The minimum absolute atomic E-state index is 0.118. The van der Waals surface area contributed by atoms with E-state index in [2.05, 4.69) is 6.58 Å². The molecule has 106 valence electrons. The van der Waals surface area contributed by atoms with E-state index in [1.54, 1.807) is 14.0 Å². The van der Waals surface area contributed by atoms with Gasteiger partial charge in [-0.25, -0.2) is 0 Å². The van der Waals surface area contributed by atoms with E-state index >= 15 is 0 Å². The summed E-state index contributed by atoms with van der Waals surface area (Å²) in [4.78, 5) is 0. The van der Waals surface area contributed by atoms with Gasteiger partial charge in [-0.3, -0.25) is 0 Å². The van der Waals surface area contributed by atoms with E-state index in [4.69, 9.17) is 14.2 Å². The van der Waals surface area contributed by atoms with Crippen molar-refractivity contribution in [2.45, 2.75) is 18.9 Å². The molecule has 1 N–H and O–H groups in total. The minimum atomic E-state index is -0.995. The maximum atomic E-state index is 10.4. The van der Waals surface area contributed by atoms with Gasteiger partial charge >= 0.3 is 0 Å². The van der Waals surface area contributed by atoms with Crippen LogP contribution >= 0.6 is 0 Å². The Morgan fingerprint density at radius 3 is 2.58 bits per heavy atom. The van der Waals surface area contributed by atoms with Crippen LogP contribution in [0.3, 0.4) is 0 Å². The van der Waals surface area contributed by atoms with Gasteiger partial charge in [0.25, 0.3) is 0 Å². The Labute approximate surface area is 114 Å². The van der Waals surface area contributed by atoms with Gasteiger partial charge in [-0.15, -0.1) is 0 Å². The van der Waals surface area contributed by atoms with Gasteiger partial charge in [-0.05, 0) is 12.5 Å². The van der Waals surface area contributed by atoms with Crippen molar-refractivity contribution in [1.82, 2.24) is 0 Å². The summed E-state index contributed by atoms with van der Waals surface area (Å²) in [6.07, 6.45) is 0.324. The molecule has 0 spiro atoms. The molecule has 0 amide bonds. The average Bonchev–Trinajstić information content (AvgIpc) is 2.39. The third-order valence-electron chi connectivity index (χ3n) is 2.72. The lowest BCUT2D eigenvalue weighted by atomic mass is 9.92. The molecule has 19 heavy (non-hydrogen) atoms. The zero-order valence-electron chi connectivity index (χ0n) is 11.6. The predicted octanol–water partition coefficient (Wildman–Crippen LogP) is 2.44. The Bertz CT molecular complexity index is 373. The number of ether oxygens (including phenoxy) is 3. The molecule has 1 aromatic rings. The molecular formula is C15H22O4. The second kappa shape index (κ2) is 7.94. The van der Waals surface area contributed by atoms with Gasteiger partial charge in [0, 0.05) is 13.5 Å². The lowest BCUT2D eigenvalue weighted by Crippen LogP contribution is -2.22. The molecule has 1 unspecified atom stereocenters. The first-order chi connectivity index (χ1) is 9.06. The highest BCUT2D eigenvalue weighted by Gasteiger charge is 2.24. The first-order valence-electron chi connectivity index (χ1n) is 6.21. The number of aliphatic hydroxyl groups is 1. The summed E-state index contributed by atoms with van der Waals surface area (Å²) < 4.78 is 15.3. The maximum absolute atomic E-state index is 10.4. The highest BCUT2D eigenvalue weighted by Crippen LogP contribution is 2.27. The van der Waals surface area contributed by atoms with E-state index in [9.17, 15) is 5.11 Å². The molecular weight excluding hydrogens is 244 g/mol. The van der Waals surface area contributed by atoms with Crippen molar-refractivity contribution in [1.29, 1.82) is 0 Å². The van der Waals surface area contributed by atoms with Crippen molar-refractivity contribution in [2.24, 2.45) is 0 Å². The third-order valence-corrected chi connectivity index (χ3v) is 2.72. The summed E-state index contributed by atoms with van der Waals surface area (Å²) in [7, 11) is 1.61. The molecule has 1 aromatic carbocycles. The highest BCUT2D eigenvalue weighted by atomic mass is 16.7. The molecule has 0 heterocycles. The summed E-state index contributed by atoms with van der Waals surface area (Å²) in [5, 5.41) is 10.4. The van der Waals surface area contributed by atoms with Gasteiger partial charge in [0.2, 0.25) is 0 Å². The third kappa shape index (κ3) is 5.87. The van der Waals surface area contributed by atoms with E-state index in [0.29, 0.717) is 25.4 Å². The van der Waals surface area contributed by atoms with Crippen LogP contribution in [0.15, 0.2) is 42.7 Å². The quantitative estimate of drug-likeness (QED) is 0.424. The standard InChI is InChI=1S/C15H22O4/c1-13(19-12-18-10-9-17-3)11-15(2,16)14-7-5-4-6-8-14/h4-8,16H,1,9-12H2,2-3H3. The molecule has 4 nitrogen and oxygen atoms in total. The number of methoxy groups -OCH3 is 1. The molecule has 0 radical (unpaired) electrons. The summed E-state index contributed by atoms with van der Waals surface area (Å²) in [6, 6.07) is 9.45. The molecule has 4 heteroatoms. The van der Waals surface area contributed by atoms with Gasteiger partial charge < -0.3 is 19.3 Å². The van der Waals surface area contributed by atoms with Crippen LogP contribution < -0.4 is 0 Å². The summed E-state index contributed by atoms with van der Waals surface area (Å²) >= 11 is 0. The van der Waals surface area contributed by atoms with Gasteiger partial charge in [0.05, 0.1) is 24.6 Å². The molecule has 1 rings (SSSR count). The number of rotatable bonds is 9. The van der Waals surface area contributed by atoms with Gasteiger partial charge in [-0.2, -0.15) is 0 Å². The van der Waals surface area contributed by atoms with Crippen LogP contribution in [0.4, 0.5) is 0 Å². The van der Waals surface area contributed by atoms with E-state index in [0.717, 1.165) is 5.56 Å². The Kier molecular flexibility index (Phi) is 6.56. The van der Waals surface area contributed by atoms with Gasteiger partial charge in [0.1, 0.15) is 0 Å². The fourth-order valence-electron chi connectivity index (χ4n) is 1.66. The summed E-state index contributed by atoms with van der Waals surface area (Å²) in [5.41, 5.74) is -0.162. The van der Waals surface area contributed by atoms with E-state index in [1.165, 1.54) is 0 Å². The van der Waals surface area contributed by atoms with Crippen LogP contribution in [0.5, 0.6) is 0 Å². The monoisotopic (exact) mass is 266 g/mol. The molecule has 0 bridgehead atoms. The molecule has 1 atom stereocenters. The van der Waals surface area contributed by atoms with Crippen molar-refractivity contribution in [3.05, 3.63) is 48.2 Å². The van der Waals surface area contributed by atoms with Crippen molar-refractivity contribution in [3.63, 3.8) is 0 Å². The van der Waals surface area contributed by atoms with Crippen molar-refractivity contribution >= 4 is 0 Å². The minimum Gasteiger partial charge on any atom is -0.472 e. The van der Waals surface area contributed by atoms with Crippen molar-refractivity contribution in [2.75, 3.05) is 27.1 Å². The Balaban J connectivity index is 2.35. The Morgan fingerprint density at radius 1 is 1.26 bits per heavy atom. The average molecular weight is 266 g/mol. The summed E-state index contributed by atoms with van der Waals surface area (Å²) in [5.74, 6) is 0.492. The topological polar surface area (TPSA) is 47.9 Å². The van der Waals surface area contributed by atoms with E-state index < -0.39 is 5.60 Å². The number of benzene rings is 1. The van der Waals surface area contributed by atoms with E-state index in [-0.39, 0.29) is 6.79 Å². The van der Waals surface area contributed by atoms with Gasteiger partial charge in [-0.1, -0.05) is 36.9 Å². The zero-order valence-corrected chi connectivity index (χ0v) is 11.6. The first-order valence-corrected chi connectivity index (χ1v) is 6.21. The molecule has 0 fully saturated rings. The van der Waals surface area contributed by atoms with Crippen LogP contribution in [0, 0.1) is 0 Å². The molecule has 0 aliphatic carbocycles. The Hall–Kier alpha value is -1.36. The Morgan fingerprint density at radius 2 is 1.95 bits per heavy atom. The van der Waals surface area contributed by atoms with Crippen LogP contribution in [0.1, 0.15) is 18.9 Å². The zero-order chi connectivity index (χ0) is 14.1. The van der Waals surface area contributed by atoms with Crippen LogP contribution in [-0.4, -0.2) is 32.2 Å². The van der Waals surface area contributed by atoms with Crippen molar-refractivity contribution < 1.29 is 19.3 Å². The second-order valence-electron chi connectivity index (χ2n) is 4.52. The van der Waals surface area contributed by atoms with Gasteiger partial charge in [0.15, 0.2) is 6.79 Å². The predicted molar refractivity (Wildman–Crippen MR) is 73.5 cm³/mol. The largest absolute Gasteiger partial charge is 0.472 e. The molecule has 0 aliphatic heterocycles. The van der Waals surface area contributed by atoms with Crippen molar-refractivity contribution in [3.8, 4) is 0 Å². The molecule has 0 aromatic heterocycles. The summed E-state index contributed by atoms with van der Waals surface area (Å²) in [6.45, 7) is 6.64. The lowest BCUT2D eigenvalue weighted by Gasteiger charge is -2.24. The smallest absolute Gasteiger partial charge is 0.188 e. The first kappa shape index (κ1) is 15.7. The van der Waals surface area contributed by atoms with Crippen LogP contribution in [0.25, 0.3) is 0 Å². The fourth-order valence-corrected chi connectivity index (χ4v) is 1.66. The number of hydrogen-bond donors (Lipinski definition) is 1. The lowest BCUT2D eigenvalue weighted by molar-refractivity contribution is -0.0515. The number of hydrogen-bond acceptors (Lipinski definition) is 4. The second-order valence-corrected chi connectivity index (χ2v) is 4.52.